The molecule has 0 fully saturated rings. The molecule has 0 aromatic carbocycles. The van der Waals surface area contributed by atoms with E-state index in [9.17, 15) is 29.1 Å². The van der Waals surface area contributed by atoms with Crippen LogP contribution in [0.1, 0.15) is 32.4 Å². The molecule has 0 saturated heterocycles. The summed E-state index contributed by atoms with van der Waals surface area (Å²) in [6.07, 6.45) is 2.32. The van der Waals surface area contributed by atoms with Crippen molar-refractivity contribution in [1.82, 2.24) is 25.9 Å². The number of carbonyl (C=O) groups is 5. The van der Waals surface area contributed by atoms with Crippen molar-refractivity contribution < 1.29 is 34.2 Å². The van der Waals surface area contributed by atoms with Gasteiger partial charge in [-0.25, -0.2) is 9.78 Å². The normalized spacial score (nSPS) is 14.6. The predicted octanol–water partition coefficient (Wildman–Crippen LogP) is -3.27. The Morgan fingerprint density at radius 2 is 1.70 bits per heavy atom. The summed E-state index contributed by atoms with van der Waals surface area (Å²) in [6, 6.07) is -5.00. The Kier molecular flexibility index (Phi) is 10.9. The van der Waals surface area contributed by atoms with Crippen molar-refractivity contribution in [2.75, 3.05) is 6.61 Å². The fourth-order valence-electron chi connectivity index (χ4n) is 2.78. The summed E-state index contributed by atoms with van der Waals surface area (Å²) in [5.74, 6) is -4.84. The highest BCUT2D eigenvalue weighted by atomic mass is 16.4. The molecule has 1 rings (SSSR count). The number of aliphatic hydroxyl groups excluding tert-OH is 1. The van der Waals surface area contributed by atoms with Gasteiger partial charge in [0.2, 0.25) is 23.6 Å². The van der Waals surface area contributed by atoms with Gasteiger partial charge in [-0.3, -0.25) is 19.2 Å². The first-order chi connectivity index (χ1) is 15.5. The van der Waals surface area contributed by atoms with Crippen LogP contribution in [-0.2, 0) is 30.4 Å². The highest BCUT2D eigenvalue weighted by molar-refractivity contribution is 5.94. The molecule has 0 aliphatic carbocycles. The number of primary amides is 1. The lowest BCUT2D eigenvalue weighted by Crippen LogP contribution is -2.59. The van der Waals surface area contributed by atoms with E-state index < -0.39 is 66.3 Å². The Hall–Kier alpha value is -3.52. The number of nitrogens with zero attached hydrogens (tertiary/aromatic N) is 1. The van der Waals surface area contributed by atoms with Gasteiger partial charge in [-0.15, -0.1) is 0 Å². The van der Waals surface area contributed by atoms with Crippen LogP contribution in [0.25, 0.3) is 0 Å². The molecule has 1 aromatic heterocycles. The second-order valence-electron chi connectivity index (χ2n) is 7.77. The minimum absolute atomic E-state index is 0.0593. The quantitative estimate of drug-likeness (QED) is 0.136. The van der Waals surface area contributed by atoms with E-state index in [0.717, 1.165) is 0 Å². The molecule has 184 valence electrons. The average molecular weight is 469 g/mol. The Morgan fingerprint density at radius 3 is 2.18 bits per heavy atom. The molecule has 1 heterocycles. The minimum atomic E-state index is -1.29. The summed E-state index contributed by atoms with van der Waals surface area (Å²) in [5.41, 5.74) is 11.1. The fourth-order valence-corrected chi connectivity index (χ4v) is 2.78. The predicted molar refractivity (Wildman–Crippen MR) is 114 cm³/mol. The van der Waals surface area contributed by atoms with E-state index in [2.05, 4.69) is 25.9 Å². The summed E-state index contributed by atoms with van der Waals surface area (Å²) < 4.78 is 0. The SMILES string of the molecule is CC(C)C(NC(=O)C(CCC(N)=O)NC(=O)C(N)CO)C(=O)NC(Cc1cnc[nH]1)C(=O)O. The molecule has 0 saturated carbocycles. The molecule has 0 bridgehead atoms. The van der Waals surface area contributed by atoms with Crippen LogP contribution in [0.5, 0.6) is 0 Å². The van der Waals surface area contributed by atoms with Crippen LogP contribution in [0.4, 0.5) is 0 Å². The molecule has 4 atom stereocenters. The van der Waals surface area contributed by atoms with E-state index in [-0.39, 0.29) is 19.3 Å². The zero-order valence-corrected chi connectivity index (χ0v) is 18.4. The number of H-pyrrole nitrogens is 1. The highest BCUT2D eigenvalue weighted by Gasteiger charge is 2.32. The van der Waals surface area contributed by atoms with Crippen molar-refractivity contribution in [3.05, 3.63) is 18.2 Å². The maximum Gasteiger partial charge on any atom is 0.326 e. The molecule has 4 amide bonds. The number of aromatic amines is 1. The third kappa shape index (κ3) is 9.24. The van der Waals surface area contributed by atoms with Gasteiger partial charge in [-0.05, 0) is 12.3 Å². The van der Waals surface area contributed by atoms with Gasteiger partial charge in [0.15, 0.2) is 0 Å². The van der Waals surface area contributed by atoms with Crippen molar-refractivity contribution in [3.63, 3.8) is 0 Å². The van der Waals surface area contributed by atoms with Crippen LogP contribution in [0.2, 0.25) is 0 Å². The van der Waals surface area contributed by atoms with Crippen molar-refractivity contribution >= 4 is 29.6 Å². The highest BCUT2D eigenvalue weighted by Crippen LogP contribution is 2.07. The number of aliphatic hydroxyl groups is 1. The molecule has 0 spiro atoms. The molecule has 33 heavy (non-hydrogen) atoms. The monoisotopic (exact) mass is 469 g/mol. The molecule has 1 aromatic rings. The maximum atomic E-state index is 12.8. The number of hydrogen-bond acceptors (Lipinski definition) is 8. The molecular weight excluding hydrogens is 438 g/mol. The minimum Gasteiger partial charge on any atom is -0.480 e. The molecule has 14 nitrogen and oxygen atoms in total. The molecule has 0 aliphatic heterocycles. The van der Waals surface area contributed by atoms with Crippen LogP contribution in [0, 0.1) is 5.92 Å². The van der Waals surface area contributed by atoms with Crippen LogP contribution in [0.15, 0.2) is 12.5 Å². The molecule has 0 aliphatic rings. The summed E-state index contributed by atoms with van der Waals surface area (Å²) in [7, 11) is 0. The second kappa shape index (κ2) is 13.1. The van der Waals surface area contributed by atoms with Gasteiger partial charge in [0.05, 0.1) is 12.9 Å². The number of rotatable bonds is 14. The lowest BCUT2D eigenvalue weighted by atomic mass is 10.0. The van der Waals surface area contributed by atoms with Crippen LogP contribution >= 0.6 is 0 Å². The van der Waals surface area contributed by atoms with Crippen molar-refractivity contribution in [2.45, 2.75) is 57.3 Å². The molecule has 14 heteroatoms. The van der Waals surface area contributed by atoms with Gasteiger partial charge in [0.25, 0.3) is 0 Å². The van der Waals surface area contributed by atoms with Crippen molar-refractivity contribution in [2.24, 2.45) is 17.4 Å². The van der Waals surface area contributed by atoms with Gasteiger partial charge in [0, 0.05) is 24.7 Å². The number of nitrogens with one attached hydrogen (secondary N) is 4. The van der Waals surface area contributed by atoms with Crippen LogP contribution in [0.3, 0.4) is 0 Å². The lowest BCUT2D eigenvalue weighted by Gasteiger charge is -2.27. The van der Waals surface area contributed by atoms with E-state index in [1.807, 2.05) is 0 Å². The van der Waals surface area contributed by atoms with Gasteiger partial charge in [0.1, 0.15) is 24.2 Å². The number of carbonyl (C=O) groups excluding carboxylic acids is 4. The Bertz CT molecular complexity index is 828. The van der Waals surface area contributed by atoms with E-state index in [4.69, 9.17) is 16.6 Å². The number of aliphatic carboxylic acids is 1. The van der Waals surface area contributed by atoms with E-state index in [1.165, 1.54) is 12.5 Å². The first-order valence-corrected chi connectivity index (χ1v) is 10.2. The first-order valence-electron chi connectivity index (χ1n) is 10.2. The third-order valence-electron chi connectivity index (χ3n) is 4.69. The molecular formula is C19H31N7O7. The maximum absolute atomic E-state index is 12.8. The average Bonchev–Trinajstić information content (AvgIpc) is 3.25. The van der Waals surface area contributed by atoms with E-state index >= 15 is 0 Å². The van der Waals surface area contributed by atoms with Gasteiger partial charge >= 0.3 is 5.97 Å². The molecule has 10 N–H and O–H groups in total. The summed E-state index contributed by atoms with van der Waals surface area (Å²) >= 11 is 0. The zero-order valence-electron chi connectivity index (χ0n) is 18.4. The van der Waals surface area contributed by atoms with E-state index in [0.29, 0.717) is 5.69 Å². The Morgan fingerprint density at radius 1 is 1.06 bits per heavy atom. The number of nitrogens with two attached hydrogens (primary N) is 2. The first kappa shape index (κ1) is 27.5. The zero-order chi connectivity index (χ0) is 25.1. The fraction of sp³-hybridized carbons (Fsp3) is 0.579. The Labute approximate surface area is 189 Å². The van der Waals surface area contributed by atoms with Crippen LogP contribution in [-0.4, -0.2) is 80.6 Å². The third-order valence-corrected chi connectivity index (χ3v) is 4.69. The van der Waals surface area contributed by atoms with Gasteiger partial charge < -0.3 is 42.6 Å². The number of carboxylic acids is 1. The lowest BCUT2D eigenvalue weighted by molar-refractivity contribution is -0.142. The van der Waals surface area contributed by atoms with E-state index in [1.54, 1.807) is 13.8 Å². The number of carboxylic acid groups (broad SMARTS) is 1. The number of aromatic nitrogens is 2. The summed E-state index contributed by atoms with van der Waals surface area (Å²) in [4.78, 5) is 66.9. The van der Waals surface area contributed by atoms with Crippen molar-refractivity contribution in [3.8, 4) is 0 Å². The summed E-state index contributed by atoms with van der Waals surface area (Å²) in [5, 5.41) is 25.6. The largest absolute Gasteiger partial charge is 0.480 e. The Balaban J connectivity index is 2.94. The van der Waals surface area contributed by atoms with Crippen LogP contribution < -0.4 is 27.4 Å². The standard InChI is InChI=1S/C19H31N7O7/c1-9(2)15(18(31)25-13(19(32)33)5-10-6-22-8-23-10)26-17(30)12(3-4-14(21)28)24-16(29)11(20)7-27/h6,8-9,11-13,15,27H,3-5,7,20H2,1-2H3,(H2,21,28)(H,22,23)(H,24,29)(H,25,31)(H,26,30)(H,32,33). The molecule has 0 radical (unpaired) electrons. The number of hydrogen-bond donors (Lipinski definition) is 8. The molecule has 4 unspecified atom stereocenters. The van der Waals surface area contributed by atoms with Crippen molar-refractivity contribution in [1.29, 1.82) is 0 Å². The van der Waals surface area contributed by atoms with Gasteiger partial charge in [-0.1, -0.05) is 13.8 Å². The van der Waals surface area contributed by atoms with Gasteiger partial charge in [-0.2, -0.15) is 0 Å². The smallest absolute Gasteiger partial charge is 0.326 e. The topological polar surface area (TPSA) is 243 Å². The second-order valence-corrected chi connectivity index (χ2v) is 7.77. The summed E-state index contributed by atoms with van der Waals surface area (Å²) in [6.45, 7) is 2.60. The number of amides is 4. The number of imidazole rings is 1.